The minimum absolute atomic E-state index is 0.331. The van der Waals surface area contributed by atoms with Crippen molar-refractivity contribution >= 4 is 11.3 Å². The summed E-state index contributed by atoms with van der Waals surface area (Å²) in [6.07, 6.45) is 1.10. The Kier molecular flexibility index (Phi) is 5.62. The molecule has 0 radical (unpaired) electrons. The van der Waals surface area contributed by atoms with Gasteiger partial charge >= 0.3 is 0 Å². The second-order valence-corrected chi connectivity index (χ2v) is 5.85. The summed E-state index contributed by atoms with van der Waals surface area (Å²) in [6, 6.07) is 13.5. The summed E-state index contributed by atoms with van der Waals surface area (Å²) in [5.74, 6) is 0.939. The zero-order chi connectivity index (χ0) is 14.4. The smallest absolute Gasteiger partial charge is 0.119 e. The van der Waals surface area contributed by atoms with Gasteiger partial charge in [0.05, 0.1) is 6.61 Å². The number of thiophene rings is 1. The van der Waals surface area contributed by atoms with Crippen LogP contribution in [0.2, 0.25) is 0 Å². The van der Waals surface area contributed by atoms with Crippen molar-refractivity contribution in [2.45, 2.75) is 39.3 Å². The van der Waals surface area contributed by atoms with E-state index in [0.717, 1.165) is 12.2 Å². The molecule has 0 aliphatic rings. The molecule has 0 aliphatic carbocycles. The van der Waals surface area contributed by atoms with Crippen molar-refractivity contribution in [3.63, 3.8) is 0 Å². The molecule has 0 spiro atoms. The number of ether oxygens (including phenoxy) is 1. The van der Waals surface area contributed by atoms with Crippen molar-refractivity contribution in [2.75, 3.05) is 6.61 Å². The van der Waals surface area contributed by atoms with Gasteiger partial charge in [-0.3, -0.25) is 0 Å². The molecule has 20 heavy (non-hydrogen) atoms. The summed E-state index contributed by atoms with van der Waals surface area (Å²) in [4.78, 5) is 1.41. The van der Waals surface area contributed by atoms with Crippen LogP contribution in [0.3, 0.4) is 0 Å². The third-order valence-electron chi connectivity index (χ3n) is 3.44. The van der Waals surface area contributed by atoms with Crippen LogP contribution in [-0.4, -0.2) is 6.61 Å². The van der Waals surface area contributed by atoms with E-state index in [9.17, 15) is 0 Å². The maximum atomic E-state index is 5.48. The molecule has 2 unspecified atom stereocenters. The second-order valence-electron chi connectivity index (χ2n) is 4.87. The van der Waals surface area contributed by atoms with Crippen LogP contribution in [0, 0.1) is 0 Å². The van der Waals surface area contributed by atoms with Crippen LogP contribution in [0.25, 0.3) is 0 Å². The summed E-state index contributed by atoms with van der Waals surface area (Å²) in [6.45, 7) is 7.16. The highest BCUT2D eigenvalue weighted by molar-refractivity contribution is 7.10. The molecule has 2 nitrogen and oxygen atoms in total. The van der Waals surface area contributed by atoms with Gasteiger partial charge in [-0.2, -0.15) is 0 Å². The minimum atomic E-state index is 0.331. The lowest BCUT2D eigenvalue weighted by Crippen LogP contribution is -2.23. The molecule has 3 heteroatoms. The number of rotatable bonds is 7. The summed E-state index contributed by atoms with van der Waals surface area (Å²) >= 11 is 1.82. The first-order valence-electron chi connectivity index (χ1n) is 7.26. The van der Waals surface area contributed by atoms with E-state index in [0.29, 0.717) is 18.7 Å². The Labute approximate surface area is 125 Å². The molecule has 0 saturated heterocycles. The predicted molar refractivity (Wildman–Crippen MR) is 86.5 cm³/mol. The zero-order valence-electron chi connectivity index (χ0n) is 12.4. The normalized spacial score (nSPS) is 13.9. The Morgan fingerprint density at radius 3 is 2.45 bits per heavy atom. The first-order valence-corrected chi connectivity index (χ1v) is 8.14. The fourth-order valence-corrected chi connectivity index (χ4v) is 3.18. The van der Waals surface area contributed by atoms with E-state index >= 15 is 0 Å². The zero-order valence-corrected chi connectivity index (χ0v) is 13.2. The van der Waals surface area contributed by atoms with Gasteiger partial charge in [0.1, 0.15) is 5.75 Å². The van der Waals surface area contributed by atoms with Gasteiger partial charge in [-0.25, -0.2) is 0 Å². The highest BCUT2D eigenvalue weighted by Crippen LogP contribution is 2.26. The molecule has 1 heterocycles. The molecule has 108 valence electrons. The molecule has 0 bridgehead atoms. The summed E-state index contributed by atoms with van der Waals surface area (Å²) in [5, 5.41) is 5.85. The van der Waals surface area contributed by atoms with Crippen molar-refractivity contribution in [2.24, 2.45) is 0 Å². The Bertz CT molecular complexity index is 492. The Morgan fingerprint density at radius 2 is 1.90 bits per heavy atom. The fourth-order valence-electron chi connectivity index (χ4n) is 2.31. The van der Waals surface area contributed by atoms with Crippen LogP contribution in [0.4, 0.5) is 0 Å². The van der Waals surface area contributed by atoms with Gasteiger partial charge in [0, 0.05) is 17.0 Å². The lowest BCUT2D eigenvalue weighted by Gasteiger charge is -2.22. The molecular formula is C17H23NOS. The third kappa shape index (κ3) is 3.84. The largest absolute Gasteiger partial charge is 0.494 e. The molecule has 0 fully saturated rings. The van der Waals surface area contributed by atoms with E-state index in [1.54, 1.807) is 0 Å². The van der Waals surface area contributed by atoms with Gasteiger partial charge in [-0.05, 0) is 49.4 Å². The lowest BCUT2D eigenvalue weighted by molar-refractivity contribution is 0.340. The van der Waals surface area contributed by atoms with Gasteiger partial charge in [0.25, 0.3) is 0 Å². The standard InChI is InChI=1S/C17H23NOS/c1-4-16(17-7-6-12-20-17)18-13(3)14-8-10-15(11-9-14)19-5-2/h6-13,16,18H,4-5H2,1-3H3. The molecule has 0 saturated carbocycles. The van der Waals surface area contributed by atoms with Crippen molar-refractivity contribution in [1.82, 2.24) is 5.32 Å². The highest BCUT2D eigenvalue weighted by atomic mass is 32.1. The number of hydrogen-bond donors (Lipinski definition) is 1. The molecular weight excluding hydrogens is 266 g/mol. The van der Waals surface area contributed by atoms with Gasteiger partial charge in [-0.1, -0.05) is 25.1 Å². The van der Waals surface area contributed by atoms with E-state index in [1.165, 1.54) is 10.4 Å². The van der Waals surface area contributed by atoms with Crippen molar-refractivity contribution < 1.29 is 4.74 Å². The fraction of sp³-hybridized carbons (Fsp3) is 0.412. The lowest BCUT2D eigenvalue weighted by atomic mass is 10.1. The first kappa shape index (κ1) is 15.1. The van der Waals surface area contributed by atoms with Crippen molar-refractivity contribution in [3.05, 3.63) is 52.2 Å². The van der Waals surface area contributed by atoms with Crippen molar-refractivity contribution in [1.29, 1.82) is 0 Å². The summed E-state index contributed by atoms with van der Waals surface area (Å²) < 4.78 is 5.48. The molecule has 0 aliphatic heterocycles. The summed E-state index contributed by atoms with van der Waals surface area (Å²) in [7, 11) is 0. The monoisotopic (exact) mass is 289 g/mol. The van der Waals surface area contributed by atoms with E-state index in [1.807, 2.05) is 30.4 Å². The molecule has 2 rings (SSSR count). The maximum absolute atomic E-state index is 5.48. The van der Waals surface area contributed by atoms with Crippen molar-refractivity contribution in [3.8, 4) is 5.75 Å². The average Bonchev–Trinajstić information content (AvgIpc) is 2.99. The van der Waals surface area contributed by atoms with Crippen LogP contribution < -0.4 is 10.1 Å². The van der Waals surface area contributed by atoms with Crippen LogP contribution in [0.15, 0.2) is 41.8 Å². The van der Waals surface area contributed by atoms with Gasteiger partial charge < -0.3 is 10.1 Å². The second kappa shape index (κ2) is 7.46. The number of benzene rings is 1. The molecule has 0 amide bonds. The molecule has 1 aromatic heterocycles. The highest BCUT2D eigenvalue weighted by Gasteiger charge is 2.14. The van der Waals surface area contributed by atoms with Crippen LogP contribution in [0.1, 0.15) is 49.7 Å². The Balaban J connectivity index is 2.01. The van der Waals surface area contributed by atoms with Crippen LogP contribution >= 0.6 is 11.3 Å². The number of hydrogen-bond acceptors (Lipinski definition) is 3. The van der Waals surface area contributed by atoms with E-state index in [2.05, 4.69) is 48.8 Å². The predicted octanol–water partition coefficient (Wildman–Crippen LogP) is 4.95. The third-order valence-corrected chi connectivity index (χ3v) is 4.42. The maximum Gasteiger partial charge on any atom is 0.119 e. The molecule has 2 atom stereocenters. The van der Waals surface area contributed by atoms with Crippen LogP contribution in [0.5, 0.6) is 5.75 Å². The molecule has 1 aromatic carbocycles. The van der Waals surface area contributed by atoms with Crippen LogP contribution in [-0.2, 0) is 0 Å². The van der Waals surface area contributed by atoms with E-state index < -0.39 is 0 Å². The van der Waals surface area contributed by atoms with E-state index in [-0.39, 0.29) is 0 Å². The molecule has 1 N–H and O–H groups in total. The van der Waals surface area contributed by atoms with Gasteiger partial charge in [-0.15, -0.1) is 11.3 Å². The topological polar surface area (TPSA) is 21.3 Å². The SMILES string of the molecule is CCOc1ccc(C(C)NC(CC)c2cccs2)cc1. The van der Waals surface area contributed by atoms with E-state index in [4.69, 9.17) is 4.74 Å². The molecule has 2 aromatic rings. The minimum Gasteiger partial charge on any atom is -0.494 e. The van der Waals surface area contributed by atoms with Gasteiger partial charge in [0.15, 0.2) is 0 Å². The number of nitrogens with one attached hydrogen (secondary N) is 1. The van der Waals surface area contributed by atoms with Gasteiger partial charge in [0.2, 0.25) is 0 Å². The quantitative estimate of drug-likeness (QED) is 0.778. The average molecular weight is 289 g/mol. The first-order chi connectivity index (χ1) is 9.74. The summed E-state index contributed by atoms with van der Waals surface area (Å²) in [5.41, 5.74) is 1.29. The Hall–Kier alpha value is -1.32. The Morgan fingerprint density at radius 1 is 1.15 bits per heavy atom.